The third-order valence-corrected chi connectivity index (χ3v) is 0.987. The largest absolute Gasteiger partial charge is 0.396 e. The quantitative estimate of drug-likeness (QED) is 0.657. The van der Waals surface area contributed by atoms with E-state index in [9.17, 15) is 0 Å². The highest BCUT2D eigenvalue weighted by molar-refractivity contribution is 5.85. The van der Waals surface area contributed by atoms with E-state index in [1.807, 2.05) is 0 Å². The van der Waals surface area contributed by atoms with E-state index in [1.54, 1.807) is 0 Å². The molecule has 0 atom stereocenters. The molecule has 4 heteroatoms. The molecule has 0 aromatic carbocycles. The molecule has 0 rings (SSSR count). The molecule has 0 bridgehead atoms. The van der Waals surface area contributed by atoms with Crippen molar-refractivity contribution < 1.29 is 9.59 Å². The lowest BCUT2D eigenvalue weighted by Gasteiger charge is -2.22. The van der Waals surface area contributed by atoms with Crippen molar-refractivity contribution in [3.05, 3.63) is 0 Å². The minimum atomic E-state index is 0. The summed E-state index contributed by atoms with van der Waals surface area (Å²) in [5.41, 5.74) is 0. The molecular weight excluding hydrogens is 173 g/mol. The van der Waals surface area contributed by atoms with Crippen LogP contribution in [0.4, 0.5) is 0 Å². The Labute approximate surface area is 75.6 Å². The van der Waals surface area contributed by atoms with Gasteiger partial charge >= 0.3 is 0 Å². The van der Waals surface area contributed by atoms with Gasteiger partial charge in [-0.1, -0.05) is 0 Å². The van der Waals surface area contributed by atoms with E-state index in [2.05, 4.69) is 21.1 Å². The van der Waals surface area contributed by atoms with E-state index >= 15 is 0 Å². The van der Waals surface area contributed by atoms with Crippen molar-refractivity contribution >= 4 is 24.8 Å². The van der Waals surface area contributed by atoms with Crippen molar-refractivity contribution in [2.24, 2.45) is 0 Å². The van der Waals surface area contributed by atoms with Crippen LogP contribution in [0.3, 0.4) is 0 Å². The van der Waals surface area contributed by atoms with Crippen LogP contribution in [-0.2, 0) is 0 Å². The van der Waals surface area contributed by atoms with Gasteiger partial charge in [-0.2, -0.15) is 0 Å². The molecule has 0 aromatic rings. The van der Waals surface area contributed by atoms with Gasteiger partial charge in [-0.25, -0.2) is 0 Å². The molecule has 0 heterocycles. The molecule has 0 aliphatic heterocycles. The summed E-state index contributed by atoms with van der Waals surface area (Å²) >= 11 is 0. The van der Waals surface area contributed by atoms with Crippen molar-refractivity contribution in [3.63, 3.8) is 0 Å². The Kier molecular flexibility index (Phi) is 12.8. The molecule has 0 amide bonds. The number of halogens is 2. The standard InChI is InChI=1S/C6H16NO.2ClH/c1-7(2,3)5-4-6-8;;/h8H,4-6H2,1-3H3;2*1H/q+1;;. The lowest BCUT2D eigenvalue weighted by atomic mass is 10.4. The Hall–Kier alpha value is 0.500. The van der Waals surface area contributed by atoms with E-state index in [4.69, 9.17) is 5.11 Å². The number of aliphatic hydroxyl groups is 1. The predicted octanol–water partition coefficient (Wildman–Crippen LogP) is 0.919. The van der Waals surface area contributed by atoms with Gasteiger partial charge in [0.1, 0.15) is 0 Å². The molecule has 1 N–H and O–H groups in total. The number of quaternary nitrogens is 1. The second-order valence-electron chi connectivity index (χ2n) is 3.09. The average Bonchev–Trinajstić information content (AvgIpc) is 1.59. The molecule has 0 saturated heterocycles. The Morgan fingerprint density at radius 1 is 1.10 bits per heavy atom. The molecule has 0 spiro atoms. The van der Waals surface area contributed by atoms with Crippen LogP contribution < -0.4 is 0 Å². The van der Waals surface area contributed by atoms with Crippen molar-refractivity contribution in [2.75, 3.05) is 34.3 Å². The fraction of sp³-hybridized carbons (Fsp3) is 1.00. The van der Waals surface area contributed by atoms with Crippen LogP contribution in [0.15, 0.2) is 0 Å². The third kappa shape index (κ3) is 15.8. The maximum absolute atomic E-state index is 8.42. The summed E-state index contributed by atoms with van der Waals surface area (Å²) in [7, 11) is 6.36. The first-order valence-electron chi connectivity index (χ1n) is 2.97. The molecule has 0 fully saturated rings. The first-order valence-corrected chi connectivity index (χ1v) is 2.97. The van der Waals surface area contributed by atoms with Gasteiger partial charge in [0.05, 0.1) is 27.7 Å². The zero-order chi connectivity index (χ0) is 6.62. The Bertz CT molecular complexity index is 63.3. The fourth-order valence-electron chi connectivity index (χ4n) is 0.545. The fourth-order valence-corrected chi connectivity index (χ4v) is 0.545. The highest BCUT2D eigenvalue weighted by Gasteiger charge is 2.03. The minimum absolute atomic E-state index is 0. The second kappa shape index (κ2) is 7.61. The van der Waals surface area contributed by atoms with Gasteiger partial charge in [0.25, 0.3) is 0 Å². The number of rotatable bonds is 3. The van der Waals surface area contributed by atoms with Crippen LogP contribution in [0, 0.1) is 0 Å². The van der Waals surface area contributed by atoms with E-state index in [0.717, 1.165) is 17.4 Å². The average molecular weight is 191 g/mol. The van der Waals surface area contributed by atoms with Gasteiger partial charge in [0.2, 0.25) is 0 Å². The smallest absolute Gasteiger partial charge is 0.0802 e. The predicted molar refractivity (Wildman–Crippen MR) is 49.1 cm³/mol. The van der Waals surface area contributed by atoms with Crippen molar-refractivity contribution in [2.45, 2.75) is 6.42 Å². The van der Waals surface area contributed by atoms with Crippen LogP contribution in [0.1, 0.15) is 6.42 Å². The summed E-state index contributed by atoms with van der Waals surface area (Å²) in [5.74, 6) is 0. The van der Waals surface area contributed by atoms with E-state index < -0.39 is 0 Å². The van der Waals surface area contributed by atoms with Crippen molar-refractivity contribution in [1.29, 1.82) is 0 Å². The van der Waals surface area contributed by atoms with Crippen LogP contribution in [0.2, 0.25) is 0 Å². The highest BCUT2D eigenvalue weighted by Crippen LogP contribution is 1.90. The third-order valence-electron chi connectivity index (χ3n) is 0.987. The number of hydrogen-bond donors (Lipinski definition) is 1. The molecule has 66 valence electrons. The monoisotopic (exact) mass is 190 g/mol. The number of hydrogen-bond acceptors (Lipinski definition) is 1. The van der Waals surface area contributed by atoms with Crippen LogP contribution in [0.5, 0.6) is 0 Å². The first-order chi connectivity index (χ1) is 3.56. The van der Waals surface area contributed by atoms with E-state index in [-0.39, 0.29) is 24.8 Å². The summed E-state index contributed by atoms with van der Waals surface area (Å²) in [6.45, 7) is 1.37. The van der Waals surface area contributed by atoms with Crippen LogP contribution in [-0.4, -0.2) is 43.9 Å². The molecule has 0 radical (unpaired) electrons. The molecular formula is C6H18Cl2NO+. The summed E-state index contributed by atoms with van der Waals surface area (Å²) in [4.78, 5) is 0. The van der Waals surface area contributed by atoms with E-state index in [1.165, 1.54) is 0 Å². The molecule has 0 aromatic heterocycles. The summed E-state index contributed by atoms with van der Waals surface area (Å²) in [6, 6.07) is 0. The van der Waals surface area contributed by atoms with Crippen molar-refractivity contribution in [1.82, 2.24) is 0 Å². The van der Waals surface area contributed by atoms with Gasteiger partial charge in [-0.05, 0) is 0 Å². The van der Waals surface area contributed by atoms with E-state index in [0.29, 0.717) is 6.61 Å². The lowest BCUT2D eigenvalue weighted by molar-refractivity contribution is -0.870. The zero-order valence-electron chi connectivity index (χ0n) is 6.83. The van der Waals surface area contributed by atoms with Gasteiger partial charge < -0.3 is 9.59 Å². The van der Waals surface area contributed by atoms with Gasteiger partial charge in [-0.15, -0.1) is 24.8 Å². The normalized spacial score (nSPS) is 9.60. The summed E-state index contributed by atoms with van der Waals surface area (Å²) < 4.78 is 0.945. The Morgan fingerprint density at radius 3 is 1.60 bits per heavy atom. The molecule has 0 aliphatic carbocycles. The molecule has 10 heavy (non-hydrogen) atoms. The number of aliphatic hydroxyl groups excluding tert-OH is 1. The summed E-state index contributed by atoms with van der Waals surface area (Å²) in [6.07, 6.45) is 0.906. The lowest BCUT2D eigenvalue weighted by Crippen LogP contribution is -2.35. The van der Waals surface area contributed by atoms with Crippen molar-refractivity contribution in [3.8, 4) is 0 Å². The number of nitrogens with zero attached hydrogens (tertiary/aromatic N) is 1. The topological polar surface area (TPSA) is 20.2 Å². The van der Waals surface area contributed by atoms with Crippen LogP contribution >= 0.6 is 24.8 Å². The van der Waals surface area contributed by atoms with Gasteiger partial charge in [-0.3, -0.25) is 0 Å². The zero-order valence-corrected chi connectivity index (χ0v) is 8.47. The SMILES string of the molecule is C[N+](C)(C)CCCO.Cl.Cl. The molecule has 2 nitrogen and oxygen atoms in total. The minimum Gasteiger partial charge on any atom is -0.396 e. The Morgan fingerprint density at radius 2 is 1.50 bits per heavy atom. The molecule has 0 unspecified atom stereocenters. The maximum atomic E-state index is 8.42. The molecule has 0 saturated carbocycles. The first kappa shape index (κ1) is 16.8. The van der Waals surface area contributed by atoms with Gasteiger partial charge in [0.15, 0.2) is 0 Å². The maximum Gasteiger partial charge on any atom is 0.0802 e. The highest BCUT2D eigenvalue weighted by atomic mass is 35.5. The summed E-state index contributed by atoms with van der Waals surface area (Å²) in [5, 5.41) is 8.42. The second-order valence-corrected chi connectivity index (χ2v) is 3.09. The van der Waals surface area contributed by atoms with Gasteiger partial charge in [0, 0.05) is 13.0 Å². The molecule has 0 aliphatic rings. The van der Waals surface area contributed by atoms with Crippen LogP contribution in [0.25, 0.3) is 0 Å². The Balaban J connectivity index is -0.000000245.